The smallest absolute Gasteiger partial charge is 0.238 e. The van der Waals surface area contributed by atoms with E-state index in [1.54, 1.807) is 0 Å². The molecule has 10 aromatic rings. The van der Waals surface area contributed by atoms with E-state index >= 15 is 0 Å². The number of fused-ring (bicyclic) bond motifs is 7. The minimum Gasteiger partial charge on any atom is -0.309 e. The van der Waals surface area contributed by atoms with Gasteiger partial charge in [-0.15, -0.1) is 0 Å². The lowest BCUT2D eigenvalue weighted by Crippen LogP contribution is -2.07. The summed E-state index contributed by atoms with van der Waals surface area (Å²) in [7, 11) is 0. The van der Waals surface area contributed by atoms with Gasteiger partial charge in [0.1, 0.15) is 0 Å². The fraction of sp³-hybridized carbons (Fsp3) is 0. The Morgan fingerprint density at radius 2 is 0.840 bits per heavy atom. The van der Waals surface area contributed by atoms with Crippen molar-refractivity contribution < 1.29 is 0 Å². The Kier molecular flexibility index (Phi) is 6.42. The average molecular weight is 640 g/mol. The predicted molar refractivity (Wildman–Crippen MR) is 205 cm³/mol. The molecule has 10 rings (SSSR count). The highest BCUT2D eigenvalue weighted by Crippen LogP contribution is 2.46. The van der Waals surface area contributed by atoms with Crippen molar-refractivity contribution in [2.75, 3.05) is 0 Å². The second-order valence-electron chi connectivity index (χ2n) is 12.5. The number of nitrogens with zero attached hydrogens (tertiary/aromatic N) is 5. The van der Waals surface area contributed by atoms with Crippen molar-refractivity contribution in [2.45, 2.75) is 0 Å². The fourth-order valence-corrected chi connectivity index (χ4v) is 7.39. The van der Waals surface area contributed by atoms with Crippen LogP contribution in [-0.4, -0.2) is 24.1 Å². The van der Waals surface area contributed by atoms with Crippen LogP contribution in [0.1, 0.15) is 0 Å². The normalized spacial score (nSPS) is 11.6. The number of para-hydroxylation sites is 3. The van der Waals surface area contributed by atoms with Gasteiger partial charge in [0.2, 0.25) is 5.95 Å². The van der Waals surface area contributed by atoms with Gasteiger partial charge in [0.15, 0.2) is 11.6 Å². The molecule has 50 heavy (non-hydrogen) atoms. The zero-order valence-electron chi connectivity index (χ0n) is 27.0. The largest absolute Gasteiger partial charge is 0.309 e. The van der Waals surface area contributed by atoms with Gasteiger partial charge in [-0.3, -0.25) is 4.57 Å². The molecule has 0 saturated heterocycles. The molecular weight excluding hydrogens is 611 g/mol. The van der Waals surface area contributed by atoms with Crippen LogP contribution in [0.25, 0.3) is 89.2 Å². The maximum atomic E-state index is 5.24. The lowest BCUT2D eigenvalue weighted by atomic mass is 9.98. The van der Waals surface area contributed by atoms with Gasteiger partial charge in [-0.2, -0.15) is 9.97 Å². The number of hydrogen-bond acceptors (Lipinski definition) is 3. The number of benzene rings is 7. The monoisotopic (exact) mass is 639 g/mol. The van der Waals surface area contributed by atoms with Crippen LogP contribution in [0.2, 0.25) is 0 Å². The third-order valence-corrected chi connectivity index (χ3v) is 9.56. The van der Waals surface area contributed by atoms with Crippen molar-refractivity contribution in [3.8, 4) is 45.5 Å². The van der Waals surface area contributed by atoms with Crippen LogP contribution >= 0.6 is 0 Å². The molecule has 5 heteroatoms. The Morgan fingerprint density at radius 1 is 0.360 bits per heavy atom. The molecule has 0 spiro atoms. The summed E-state index contributed by atoms with van der Waals surface area (Å²) in [5.41, 5.74) is 9.62. The van der Waals surface area contributed by atoms with E-state index < -0.39 is 0 Å². The van der Waals surface area contributed by atoms with Crippen molar-refractivity contribution in [1.29, 1.82) is 0 Å². The fourth-order valence-electron chi connectivity index (χ4n) is 7.39. The minimum atomic E-state index is 0.572. The van der Waals surface area contributed by atoms with Gasteiger partial charge in [-0.05, 0) is 35.9 Å². The van der Waals surface area contributed by atoms with Gasteiger partial charge in [0.05, 0.1) is 22.1 Å². The van der Waals surface area contributed by atoms with E-state index in [0.29, 0.717) is 17.6 Å². The average Bonchev–Trinajstić information content (AvgIpc) is 3.72. The first-order valence-corrected chi connectivity index (χ1v) is 16.8. The van der Waals surface area contributed by atoms with Crippen LogP contribution in [0.3, 0.4) is 0 Å². The second-order valence-corrected chi connectivity index (χ2v) is 12.5. The van der Waals surface area contributed by atoms with Crippen molar-refractivity contribution in [3.63, 3.8) is 0 Å². The number of rotatable bonds is 5. The zero-order chi connectivity index (χ0) is 33.0. The molecule has 0 atom stereocenters. The molecule has 0 unspecified atom stereocenters. The van der Waals surface area contributed by atoms with Crippen molar-refractivity contribution in [2.24, 2.45) is 0 Å². The van der Waals surface area contributed by atoms with E-state index in [1.165, 1.54) is 10.8 Å². The van der Waals surface area contributed by atoms with Gasteiger partial charge in [0.25, 0.3) is 0 Å². The van der Waals surface area contributed by atoms with Crippen LogP contribution < -0.4 is 0 Å². The summed E-state index contributed by atoms with van der Waals surface area (Å²) in [5.74, 6) is 1.82. The Morgan fingerprint density at radius 3 is 1.44 bits per heavy atom. The molecule has 0 aliphatic heterocycles. The summed E-state index contributed by atoms with van der Waals surface area (Å²) in [6.45, 7) is 0. The molecule has 7 aromatic carbocycles. The molecule has 5 nitrogen and oxygen atoms in total. The summed E-state index contributed by atoms with van der Waals surface area (Å²) in [6, 6.07) is 61.4. The number of aromatic nitrogens is 5. The Balaban J connectivity index is 1.43. The maximum Gasteiger partial charge on any atom is 0.238 e. The summed E-state index contributed by atoms with van der Waals surface area (Å²) >= 11 is 0. The quantitative estimate of drug-likeness (QED) is 0.188. The molecule has 0 N–H and O–H groups in total. The van der Waals surface area contributed by atoms with Crippen molar-refractivity contribution >= 4 is 43.6 Å². The molecule has 0 aliphatic rings. The SMILES string of the molecule is c1ccc(-c2nc(-c3ccccc3)nc(-n3c4ccccc4c4c3c(-c3ccccc3)cc3c5ccccc5n(-c5ccccc5)c34)n2)cc1. The van der Waals surface area contributed by atoms with Crippen LogP contribution in [0, 0.1) is 0 Å². The molecule has 3 aromatic heterocycles. The summed E-state index contributed by atoms with van der Waals surface area (Å²) < 4.78 is 4.66. The number of hydrogen-bond donors (Lipinski definition) is 0. The molecule has 0 aliphatic carbocycles. The lowest BCUT2D eigenvalue weighted by Gasteiger charge is -2.14. The third kappa shape index (κ3) is 4.37. The molecule has 0 radical (unpaired) electrons. The molecular formula is C45H29N5. The summed E-state index contributed by atoms with van der Waals surface area (Å²) in [6.07, 6.45) is 0. The summed E-state index contributed by atoms with van der Waals surface area (Å²) in [4.78, 5) is 15.5. The molecule has 0 bridgehead atoms. The highest BCUT2D eigenvalue weighted by Gasteiger charge is 2.25. The molecule has 0 fully saturated rings. The van der Waals surface area contributed by atoms with E-state index in [4.69, 9.17) is 15.0 Å². The van der Waals surface area contributed by atoms with Crippen molar-refractivity contribution in [1.82, 2.24) is 24.1 Å². The first kappa shape index (κ1) is 28.2. The Hall–Kier alpha value is -6.85. The third-order valence-electron chi connectivity index (χ3n) is 9.56. The highest BCUT2D eigenvalue weighted by atomic mass is 15.2. The lowest BCUT2D eigenvalue weighted by molar-refractivity contribution is 0.954. The van der Waals surface area contributed by atoms with Crippen LogP contribution in [-0.2, 0) is 0 Å². The molecule has 0 amide bonds. The van der Waals surface area contributed by atoms with E-state index in [-0.39, 0.29) is 0 Å². The van der Waals surface area contributed by atoms with Crippen LogP contribution in [0.5, 0.6) is 0 Å². The first-order valence-electron chi connectivity index (χ1n) is 16.8. The molecule has 0 saturated carbocycles. The minimum absolute atomic E-state index is 0.572. The molecule has 234 valence electrons. The van der Waals surface area contributed by atoms with Gasteiger partial charge in [0, 0.05) is 43.9 Å². The van der Waals surface area contributed by atoms with Crippen LogP contribution in [0.15, 0.2) is 176 Å². The highest BCUT2D eigenvalue weighted by molar-refractivity contribution is 6.29. The topological polar surface area (TPSA) is 48.5 Å². The maximum absolute atomic E-state index is 5.24. The Bertz CT molecular complexity index is 2780. The second kappa shape index (κ2) is 11.4. The molecule has 3 heterocycles. The Labute approximate surface area is 288 Å². The van der Waals surface area contributed by atoms with Gasteiger partial charge in [-0.1, -0.05) is 146 Å². The van der Waals surface area contributed by atoms with E-state index in [9.17, 15) is 0 Å². The van der Waals surface area contributed by atoms with E-state index in [1.807, 2.05) is 36.4 Å². The van der Waals surface area contributed by atoms with Gasteiger partial charge in [-0.25, -0.2) is 4.98 Å². The van der Waals surface area contributed by atoms with E-state index in [0.717, 1.165) is 60.8 Å². The van der Waals surface area contributed by atoms with Crippen LogP contribution in [0.4, 0.5) is 0 Å². The van der Waals surface area contributed by atoms with E-state index in [2.05, 4.69) is 149 Å². The predicted octanol–water partition coefficient (Wildman–Crippen LogP) is 11.1. The van der Waals surface area contributed by atoms with Crippen molar-refractivity contribution in [3.05, 3.63) is 176 Å². The van der Waals surface area contributed by atoms with Gasteiger partial charge < -0.3 is 4.57 Å². The standard InChI is InChI=1S/C45H29N5/c1-5-17-30(18-6-1)36-29-37-34-25-13-15-27-38(34)49(33-23-11-4-12-24-33)42(37)40-35-26-14-16-28-39(35)50(41(36)40)45-47-43(31-19-7-2-8-20-31)46-44(48-45)32-21-9-3-10-22-32/h1-29H. The first-order chi connectivity index (χ1) is 24.8. The summed E-state index contributed by atoms with van der Waals surface area (Å²) in [5, 5.41) is 4.69. The zero-order valence-corrected chi connectivity index (χ0v) is 27.0. The van der Waals surface area contributed by atoms with Gasteiger partial charge >= 0.3 is 0 Å².